The van der Waals surface area contributed by atoms with Crippen molar-refractivity contribution in [2.75, 3.05) is 6.54 Å². The second-order valence-electron chi connectivity index (χ2n) is 4.54. The van der Waals surface area contributed by atoms with Crippen molar-refractivity contribution in [2.45, 2.75) is 12.5 Å². The Morgan fingerprint density at radius 1 is 1.30 bits per heavy atom. The molecule has 1 aromatic carbocycles. The lowest BCUT2D eigenvalue weighted by Crippen LogP contribution is -2.56. The second kappa shape index (κ2) is 4.80. The third-order valence-electron chi connectivity index (χ3n) is 3.33. The zero-order chi connectivity index (χ0) is 14.1. The topological polar surface area (TPSA) is 79.7 Å². The molecule has 6 heteroatoms. The fourth-order valence-electron chi connectivity index (χ4n) is 2.17. The van der Waals surface area contributed by atoms with Crippen molar-refractivity contribution in [3.05, 3.63) is 36.5 Å². The van der Waals surface area contributed by atoms with E-state index in [1.54, 1.807) is 24.4 Å². The Kier molecular flexibility index (Phi) is 2.98. The van der Waals surface area contributed by atoms with Crippen molar-refractivity contribution < 1.29 is 19.4 Å². The van der Waals surface area contributed by atoms with Crippen LogP contribution in [0.2, 0.25) is 0 Å². The molecular weight excluding hydrogens is 260 g/mol. The summed E-state index contributed by atoms with van der Waals surface area (Å²) < 4.78 is 5.27. The lowest BCUT2D eigenvalue weighted by atomic mass is 10.1. The number of hydrogen-bond donors (Lipinski definition) is 1. The minimum Gasteiger partial charge on any atom is -0.480 e. The number of hydrogen-bond acceptors (Lipinski definition) is 4. The van der Waals surface area contributed by atoms with E-state index >= 15 is 0 Å². The molecule has 0 saturated carbocycles. The molecule has 0 bridgehead atoms. The third kappa shape index (κ3) is 2.05. The van der Waals surface area contributed by atoms with E-state index in [1.165, 1.54) is 4.90 Å². The average Bonchev–Trinajstić information content (AvgIpc) is 2.37. The Labute approximate surface area is 114 Å². The molecule has 1 aliphatic rings. The average molecular weight is 272 g/mol. The zero-order valence-corrected chi connectivity index (χ0v) is 10.5. The van der Waals surface area contributed by atoms with Crippen molar-refractivity contribution in [3.63, 3.8) is 0 Å². The van der Waals surface area contributed by atoms with Gasteiger partial charge in [0.25, 0.3) is 0 Å². The number of benzene rings is 1. The Hall–Kier alpha value is -2.63. The Balaban J connectivity index is 1.83. The fourth-order valence-corrected chi connectivity index (χ4v) is 2.17. The molecule has 1 atom stereocenters. The van der Waals surface area contributed by atoms with Gasteiger partial charge in [-0.25, -0.2) is 9.59 Å². The highest BCUT2D eigenvalue weighted by atomic mass is 16.6. The normalized spacial score (nSPS) is 17.6. The monoisotopic (exact) mass is 272 g/mol. The van der Waals surface area contributed by atoms with Crippen molar-refractivity contribution in [1.29, 1.82) is 0 Å². The van der Waals surface area contributed by atoms with Crippen LogP contribution in [0.25, 0.3) is 10.9 Å². The molecular formula is C14H12N2O4. The van der Waals surface area contributed by atoms with Gasteiger partial charge in [-0.3, -0.25) is 9.88 Å². The number of nitrogens with zero attached hydrogens (tertiary/aromatic N) is 2. The summed E-state index contributed by atoms with van der Waals surface area (Å²) in [5, 5.41) is 9.79. The molecule has 3 rings (SSSR count). The third-order valence-corrected chi connectivity index (χ3v) is 3.33. The molecule has 102 valence electrons. The summed E-state index contributed by atoms with van der Waals surface area (Å²) in [6.07, 6.45) is 1.42. The number of carboxylic acid groups (broad SMARTS) is 1. The molecule has 1 unspecified atom stereocenters. The van der Waals surface area contributed by atoms with Crippen LogP contribution in [0.5, 0.6) is 5.75 Å². The minimum atomic E-state index is -1.01. The molecule has 1 aliphatic heterocycles. The summed E-state index contributed by atoms with van der Waals surface area (Å²) in [6, 6.07) is 8.14. The predicted molar refractivity (Wildman–Crippen MR) is 70.5 cm³/mol. The number of para-hydroxylation sites is 1. The smallest absolute Gasteiger partial charge is 0.416 e. The largest absolute Gasteiger partial charge is 0.480 e. The van der Waals surface area contributed by atoms with Gasteiger partial charge in [0.05, 0.1) is 0 Å². The molecule has 1 aromatic heterocycles. The first kappa shape index (κ1) is 12.4. The number of ether oxygens (including phenoxy) is 1. The van der Waals surface area contributed by atoms with Crippen LogP contribution >= 0.6 is 0 Å². The molecule has 6 nitrogen and oxygen atoms in total. The molecule has 1 fully saturated rings. The summed E-state index contributed by atoms with van der Waals surface area (Å²) in [5.41, 5.74) is 0.579. The van der Waals surface area contributed by atoms with Crippen LogP contribution in [0.15, 0.2) is 36.5 Å². The van der Waals surface area contributed by atoms with E-state index in [0.717, 1.165) is 5.39 Å². The van der Waals surface area contributed by atoms with E-state index in [9.17, 15) is 9.59 Å². The quantitative estimate of drug-likeness (QED) is 0.903. The first-order valence-electron chi connectivity index (χ1n) is 6.22. The highest BCUT2D eigenvalue weighted by molar-refractivity contribution is 5.88. The number of likely N-dealkylation sites (tertiary alicyclic amines) is 1. The summed E-state index contributed by atoms with van der Waals surface area (Å²) in [5.74, 6) is -0.673. The second-order valence-corrected chi connectivity index (χ2v) is 4.54. The van der Waals surface area contributed by atoms with Crippen molar-refractivity contribution in [1.82, 2.24) is 9.88 Å². The Bertz CT molecular complexity index is 680. The van der Waals surface area contributed by atoms with Crippen LogP contribution in [-0.2, 0) is 4.79 Å². The van der Waals surface area contributed by atoms with Gasteiger partial charge in [0.1, 0.15) is 11.6 Å². The number of carbonyl (C=O) groups is 2. The maximum atomic E-state index is 12.0. The fraction of sp³-hybridized carbons (Fsp3) is 0.214. The molecule has 2 aromatic rings. The van der Waals surface area contributed by atoms with Gasteiger partial charge in [-0.15, -0.1) is 0 Å². The van der Waals surface area contributed by atoms with Crippen molar-refractivity contribution >= 4 is 23.0 Å². The number of carbonyl (C=O) groups excluding carboxylic acids is 1. The van der Waals surface area contributed by atoms with E-state index < -0.39 is 18.1 Å². The predicted octanol–water partition coefficient (Wildman–Crippen LogP) is 1.89. The number of amides is 1. The Morgan fingerprint density at radius 2 is 2.10 bits per heavy atom. The molecule has 1 N–H and O–H groups in total. The van der Waals surface area contributed by atoms with Gasteiger partial charge in [0.2, 0.25) is 0 Å². The van der Waals surface area contributed by atoms with Crippen LogP contribution in [0.4, 0.5) is 4.79 Å². The van der Waals surface area contributed by atoms with Crippen LogP contribution in [0, 0.1) is 0 Å². The van der Waals surface area contributed by atoms with Gasteiger partial charge in [0.15, 0.2) is 5.75 Å². The van der Waals surface area contributed by atoms with Crippen LogP contribution < -0.4 is 4.74 Å². The van der Waals surface area contributed by atoms with Crippen LogP contribution in [0.1, 0.15) is 6.42 Å². The maximum Gasteiger partial charge on any atom is 0.416 e. The van der Waals surface area contributed by atoms with E-state index in [0.29, 0.717) is 24.2 Å². The number of pyridine rings is 1. The lowest BCUT2D eigenvalue weighted by Gasteiger charge is -2.36. The van der Waals surface area contributed by atoms with E-state index in [1.807, 2.05) is 12.1 Å². The number of aromatic nitrogens is 1. The molecule has 0 aliphatic carbocycles. The summed E-state index contributed by atoms with van der Waals surface area (Å²) >= 11 is 0. The highest BCUT2D eigenvalue weighted by Gasteiger charge is 2.39. The van der Waals surface area contributed by atoms with Gasteiger partial charge in [0, 0.05) is 18.1 Å². The standard InChI is InChI=1S/C14H12N2O4/c17-13(18)10-6-8-16(10)14(19)20-11-5-1-3-9-4-2-7-15-12(9)11/h1-5,7,10H,6,8H2,(H,17,18). The minimum absolute atomic E-state index is 0.337. The Morgan fingerprint density at radius 3 is 2.80 bits per heavy atom. The molecule has 1 saturated heterocycles. The molecule has 0 spiro atoms. The van der Waals surface area contributed by atoms with Gasteiger partial charge in [-0.2, -0.15) is 0 Å². The van der Waals surface area contributed by atoms with Gasteiger partial charge < -0.3 is 9.84 Å². The van der Waals surface area contributed by atoms with Crippen LogP contribution in [-0.4, -0.2) is 39.6 Å². The number of carboxylic acids is 1. The molecule has 20 heavy (non-hydrogen) atoms. The number of aliphatic carboxylic acids is 1. The molecule has 1 amide bonds. The van der Waals surface area contributed by atoms with Gasteiger partial charge in [-0.1, -0.05) is 18.2 Å². The molecule has 2 heterocycles. The lowest BCUT2D eigenvalue weighted by molar-refractivity contribution is -0.146. The highest BCUT2D eigenvalue weighted by Crippen LogP contribution is 2.25. The van der Waals surface area contributed by atoms with E-state index in [4.69, 9.17) is 9.84 Å². The summed E-state index contributed by atoms with van der Waals surface area (Å²) in [4.78, 5) is 28.2. The summed E-state index contributed by atoms with van der Waals surface area (Å²) in [6.45, 7) is 0.397. The number of rotatable bonds is 2. The SMILES string of the molecule is O=C(O)C1CCN1C(=O)Oc1cccc2cccnc12. The first-order valence-corrected chi connectivity index (χ1v) is 6.22. The first-order chi connectivity index (χ1) is 9.66. The van der Waals surface area contributed by atoms with Crippen LogP contribution in [0.3, 0.4) is 0 Å². The number of fused-ring (bicyclic) bond motifs is 1. The maximum absolute atomic E-state index is 12.0. The van der Waals surface area contributed by atoms with E-state index in [2.05, 4.69) is 4.98 Å². The summed E-state index contributed by atoms with van der Waals surface area (Å²) in [7, 11) is 0. The zero-order valence-electron chi connectivity index (χ0n) is 10.5. The van der Waals surface area contributed by atoms with Gasteiger partial charge >= 0.3 is 12.1 Å². The molecule has 0 radical (unpaired) electrons. The van der Waals surface area contributed by atoms with Crippen molar-refractivity contribution in [3.8, 4) is 5.75 Å². The van der Waals surface area contributed by atoms with Crippen molar-refractivity contribution in [2.24, 2.45) is 0 Å². The van der Waals surface area contributed by atoms with Gasteiger partial charge in [-0.05, 0) is 18.6 Å². The van der Waals surface area contributed by atoms with E-state index in [-0.39, 0.29) is 0 Å².